The number of amides is 1. The minimum Gasteiger partial charge on any atom is -0.376 e. The summed E-state index contributed by atoms with van der Waals surface area (Å²) in [6.07, 6.45) is 6.26. The first-order valence-corrected chi connectivity index (χ1v) is 8.32. The summed E-state index contributed by atoms with van der Waals surface area (Å²) in [7, 11) is 0. The van der Waals surface area contributed by atoms with Gasteiger partial charge in [-0.15, -0.1) is 15.3 Å². The van der Waals surface area contributed by atoms with E-state index in [9.17, 15) is 4.79 Å². The summed E-state index contributed by atoms with van der Waals surface area (Å²) in [6.45, 7) is 6.05. The van der Waals surface area contributed by atoms with Crippen LogP contribution in [0.3, 0.4) is 0 Å². The molecule has 0 bridgehead atoms. The Balaban J connectivity index is 1.48. The Morgan fingerprint density at radius 2 is 2.33 bits per heavy atom. The number of aromatic nitrogens is 6. The van der Waals surface area contributed by atoms with Gasteiger partial charge in [0.15, 0.2) is 5.69 Å². The van der Waals surface area contributed by atoms with Gasteiger partial charge in [-0.25, -0.2) is 4.68 Å². The van der Waals surface area contributed by atoms with Gasteiger partial charge >= 0.3 is 0 Å². The summed E-state index contributed by atoms with van der Waals surface area (Å²) in [5.74, 6) is 0.622. The van der Waals surface area contributed by atoms with Crippen molar-refractivity contribution < 1.29 is 9.53 Å². The summed E-state index contributed by atoms with van der Waals surface area (Å²) in [5.41, 5.74) is 0.318. The van der Waals surface area contributed by atoms with Crippen molar-refractivity contribution in [1.29, 1.82) is 0 Å². The number of carbonyl (C=O) groups excluding carboxylic acids is 1. The average Bonchev–Trinajstić information content (AvgIpc) is 3.28. The van der Waals surface area contributed by atoms with Crippen molar-refractivity contribution in [2.75, 3.05) is 13.2 Å². The van der Waals surface area contributed by atoms with Gasteiger partial charge in [-0.05, 0) is 26.7 Å². The Hall–Kier alpha value is -2.29. The van der Waals surface area contributed by atoms with E-state index in [1.807, 2.05) is 4.57 Å². The van der Waals surface area contributed by atoms with Crippen LogP contribution in [0.1, 0.15) is 49.0 Å². The molecule has 9 nitrogen and oxygen atoms in total. The molecule has 0 unspecified atom stereocenters. The zero-order valence-electron chi connectivity index (χ0n) is 14.1. The lowest BCUT2D eigenvalue weighted by Crippen LogP contribution is -2.27. The van der Waals surface area contributed by atoms with E-state index in [0.717, 1.165) is 25.3 Å². The maximum atomic E-state index is 12.1. The number of nitrogens with zero attached hydrogens (tertiary/aromatic N) is 6. The molecule has 0 radical (unpaired) electrons. The summed E-state index contributed by atoms with van der Waals surface area (Å²) < 4.78 is 9.22. The van der Waals surface area contributed by atoms with E-state index in [0.29, 0.717) is 31.2 Å². The quantitative estimate of drug-likeness (QED) is 0.796. The molecule has 0 saturated carbocycles. The van der Waals surface area contributed by atoms with Crippen molar-refractivity contribution in [3.63, 3.8) is 0 Å². The van der Waals surface area contributed by atoms with Crippen molar-refractivity contribution in [1.82, 2.24) is 35.1 Å². The van der Waals surface area contributed by atoms with Gasteiger partial charge in [0, 0.05) is 25.6 Å². The van der Waals surface area contributed by atoms with E-state index in [-0.39, 0.29) is 12.0 Å². The van der Waals surface area contributed by atoms with Crippen LogP contribution in [0.2, 0.25) is 0 Å². The van der Waals surface area contributed by atoms with E-state index >= 15 is 0 Å². The lowest BCUT2D eigenvalue weighted by Gasteiger charge is -2.10. The summed E-state index contributed by atoms with van der Waals surface area (Å²) >= 11 is 0. The van der Waals surface area contributed by atoms with E-state index in [4.69, 9.17) is 4.74 Å². The van der Waals surface area contributed by atoms with Crippen LogP contribution in [0.25, 0.3) is 0 Å². The molecule has 0 aromatic carbocycles. The molecule has 1 aliphatic rings. The molecule has 0 aliphatic carbocycles. The van der Waals surface area contributed by atoms with E-state index in [1.165, 1.54) is 0 Å². The van der Waals surface area contributed by atoms with E-state index < -0.39 is 0 Å². The molecule has 1 atom stereocenters. The van der Waals surface area contributed by atoms with E-state index in [2.05, 4.69) is 39.7 Å². The Morgan fingerprint density at radius 1 is 1.46 bits per heavy atom. The maximum Gasteiger partial charge on any atom is 0.273 e. The molecule has 1 saturated heterocycles. The Kier molecular flexibility index (Phi) is 5.19. The van der Waals surface area contributed by atoms with Crippen LogP contribution in [0.5, 0.6) is 0 Å². The lowest BCUT2D eigenvalue weighted by molar-refractivity contribution is 0.0930. The molecule has 9 heteroatoms. The van der Waals surface area contributed by atoms with Crippen molar-refractivity contribution in [3.8, 4) is 0 Å². The fraction of sp³-hybridized carbons (Fsp3) is 0.667. The highest BCUT2D eigenvalue weighted by atomic mass is 16.5. The third kappa shape index (κ3) is 3.97. The highest BCUT2D eigenvalue weighted by Gasteiger charge is 2.18. The fourth-order valence-corrected chi connectivity index (χ4v) is 2.74. The van der Waals surface area contributed by atoms with Crippen LogP contribution in [-0.4, -0.2) is 54.9 Å². The Labute approximate surface area is 140 Å². The van der Waals surface area contributed by atoms with Crippen LogP contribution in [-0.2, 0) is 17.7 Å². The van der Waals surface area contributed by atoms with Crippen LogP contribution in [0.4, 0.5) is 0 Å². The van der Waals surface area contributed by atoms with Crippen molar-refractivity contribution >= 4 is 5.91 Å². The highest BCUT2D eigenvalue weighted by molar-refractivity contribution is 5.91. The van der Waals surface area contributed by atoms with Crippen molar-refractivity contribution in [2.24, 2.45) is 0 Å². The van der Waals surface area contributed by atoms with Gasteiger partial charge in [-0.1, -0.05) is 5.21 Å². The monoisotopic (exact) mass is 333 g/mol. The molecular formula is C15H23N7O2. The SMILES string of the molecule is CC(C)n1cnnc1CCNC(=O)c1cn(C[C@@H]2CCCO2)nn1. The van der Waals surface area contributed by atoms with Crippen LogP contribution in [0, 0.1) is 0 Å². The summed E-state index contributed by atoms with van der Waals surface area (Å²) in [4.78, 5) is 12.1. The van der Waals surface area contributed by atoms with Crippen LogP contribution < -0.4 is 5.32 Å². The predicted molar refractivity (Wildman–Crippen MR) is 85.4 cm³/mol. The summed E-state index contributed by atoms with van der Waals surface area (Å²) in [6, 6.07) is 0.295. The fourth-order valence-electron chi connectivity index (χ4n) is 2.74. The van der Waals surface area contributed by atoms with E-state index in [1.54, 1.807) is 17.2 Å². The van der Waals surface area contributed by atoms with Gasteiger partial charge < -0.3 is 14.6 Å². The first kappa shape index (κ1) is 16.6. The predicted octanol–water partition coefficient (Wildman–Crippen LogP) is 0.602. The molecular weight excluding hydrogens is 310 g/mol. The molecule has 3 heterocycles. The molecule has 2 aromatic rings. The molecule has 130 valence electrons. The zero-order chi connectivity index (χ0) is 16.9. The average molecular weight is 333 g/mol. The second kappa shape index (κ2) is 7.52. The highest BCUT2D eigenvalue weighted by Crippen LogP contribution is 2.13. The molecule has 1 fully saturated rings. The zero-order valence-corrected chi connectivity index (χ0v) is 14.1. The number of ether oxygens (including phenoxy) is 1. The minimum atomic E-state index is -0.232. The van der Waals surface area contributed by atoms with Gasteiger partial charge in [0.25, 0.3) is 5.91 Å². The minimum absolute atomic E-state index is 0.171. The van der Waals surface area contributed by atoms with Crippen molar-refractivity contribution in [3.05, 3.63) is 24.0 Å². The van der Waals surface area contributed by atoms with Crippen LogP contribution in [0.15, 0.2) is 12.5 Å². The Morgan fingerprint density at radius 3 is 3.08 bits per heavy atom. The second-order valence-corrected chi connectivity index (χ2v) is 6.21. The normalized spacial score (nSPS) is 17.5. The molecule has 1 amide bonds. The van der Waals surface area contributed by atoms with Gasteiger partial charge in [0.2, 0.25) is 0 Å². The smallest absolute Gasteiger partial charge is 0.273 e. The van der Waals surface area contributed by atoms with Crippen molar-refractivity contribution in [2.45, 2.75) is 51.8 Å². The molecule has 0 spiro atoms. The largest absolute Gasteiger partial charge is 0.376 e. The third-order valence-corrected chi connectivity index (χ3v) is 4.02. The number of hydrogen-bond donors (Lipinski definition) is 1. The van der Waals surface area contributed by atoms with Gasteiger partial charge in [-0.2, -0.15) is 0 Å². The number of nitrogens with one attached hydrogen (secondary N) is 1. The first-order chi connectivity index (χ1) is 11.6. The third-order valence-electron chi connectivity index (χ3n) is 4.02. The molecule has 1 N–H and O–H groups in total. The molecule has 2 aromatic heterocycles. The van der Waals surface area contributed by atoms with Gasteiger partial charge in [0.05, 0.1) is 18.8 Å². The first-order valence-electron chi connectivity index (χ1n) is 8.32. The lowest BCUT2D eigenvalue weighted by atomic mass is 10.2. The maximum absolute atomic E-state index is 12.1. The number of carbonyl (C=O) groups is 1. The Bertz CT molecular complexity index is 673. The number of hydrogen-bond acceptors (Lipinski definition) is 6. The second-order valence-electron chi connectivity index (χ2n) is 6.21. The molecule has 3 rings (SSSR count). The summed E-state index contributed by atoms with van der Waals surface area (Å²) in [5, 5.41) is 18.8. The topological polar surface area (TPSA) is 99.8 Å². The van der Waals surface area contributed by atoms with Gasteiger partial charge in [0.1, 0.15) is 12.2 Å². The standard InChI is InChI=1S/C15H23N7O2/c1-11(2)22-10-17-19-14(22)5-6-16-15(23)13-9-21(20-18-13)8-12-4-3-7-24-12/h9-12H,3-8H2,1-2H3,(H,16,23)/t12-/m0/s1. The van der Waals surface area contributed by atoms with Gasteiger partial charge in [-0.3, -0.25) is 4.79 Å². The van der Waals surface area contributed by atoms with Crippen LogP contribution >= 0.6 is 0 Å². The number of rotatable bonds is 7. The molecule has 1 aliphatic heterocycles. The molecule has 24 heavy (non-hydrogen) atoms.